The van der Waals surface area contributed by atoms with Gasteiger partial charge in [-0.2, -0.15) is 13.2 Å². The minimum absolute atomic E-state index is 0.0856. The van der Waals surface area contributed by atoms with Crippen LogP contribution in [-0.2, 0) is 35.5 Å². The second kappa shape index (κ2) is 12.6. The zero-order valence-electron chi connectivity index (χ0n) is 17.5. The van der Waals surface area contributed by atoms with Gasteiger partial charge < -0.3 is 24.4 Å². The zero-order valence-corrected chi connectivity index (χ0v) is 17.5. The van der Waals surface area contributed by atoms with Crippen molar-refractivity contribution in [3.8, 4) is 5.75 Å². The van der Waals surface area contributed by atoms with Crippen molar-refractivity contribution < 1.29 is 37.6 Å². The highest BCUT2D eigenvalue weighted by Crippen LogP contribution is 2.38. The highest BCUT2D eigenvalue weighted by molar-refractivity contribution is 5.46. The van der Waals surface area contributed by atoms with E-state index in [9.17, 15) is 13.2 Å². The van der Waals surface area contributed by atoms with E-state index in [2.05, 4.69) is 4.98 Å². The third kappa shape index (κ3) is 7.77. The molecule has 1 aromatic carbocycles. The summed E-state index contributed by atoms with van der Waals surface area (Å²) in [6.07, 6.45) is -4.02. The highest BCUT2D eigenvalue weighted by atomic mass is 19.4. The lowest BCUT2D eigenvalue weighted by atomic mass is 10.0. The number of aliphatic hydroxyl groups is 2. The van der Waals surface area contributed by atoms with Crippen LogP contribution >= 0.6 is 0 Å². The number of hydrogen-bond donors (Lipinski definition) is 2. The molecule has 0 unspecified atom stereocenters. The van der Waals surface area contributed by atoms with Gasteiger partial charge in [0.1, 0.15) is 12.4 Å². The van der Waals surface area contributed by atoms with Crippen molar-refractivity contribution in [2.24, 2.45) is 0 Å². The number of ether oxygens (including phenoxy) is 3. The molecule has 172 valence electrons. The summed E-state index contributed by atoms with van der Waals surface area (Å²) in [5, 5.41) is 17.8. The molecule has 0 aliphatic carbocycles. The first kappa shape index (κ1) is 25.1. The lowest BCUT2D eigenvalue weighted by Gasteiger charge is -2.22. The SMILES string of the molecule is Cc1nc(C(F)(F)F)c(COCCCO)c(COCCCO)c1OCc1ccccc1. The molecular formula is C22H28F3NO5. The van der Waals surface area contributed by atoms with Gasteiger partial charge in [0.15, 0.2) is 5.69 Å². The van der Waals surface area contributed by atoms with E-state index in [0.29, 0.717) is 12.8 Å². The lowest BCUT2D eigenvalue weighted by Crippen LogP contribution is -2.19. The summed E-state index contributed by atoms with van der Waals surface area (Å²) in [7, 11) is 0. The van der Waals surface area contributed by atoms with E-state index >= 15 is 0 Å². The van der Waals surface area contributed by atoms with Gasteiger partial charge in [-0.25, -0.2) is 4.98 Å². The molecule has 0 aliphatic rings. The first-order valence-electron chi connectivity index (χ1n) is 10.0. The summed E-state index contributed by atoms with van der Waals surface area (Å²) >= 11 is 0. The minimum atomic E-state index is -4.68. The second-order valence-electron chi connectivity index (χ2n) is 6.86. The summed E-state index contributed by atoms with van der Waals surface area (Å²) in [6.45, 7) is 1.21. The van der Waals surface area contributed by atoms with Crippen molar-refractivity contribution >= 4 is 0 Å². The molecule has 1 heterocycles. The van der Waals surface area contributed by atoms with Crippen molar-refractivity contribution in [1.82, 2.24) is 4.98 Å². The molecule has 0 amide bonds. The molecule has 6 nitrogen and oxygen atoms in total. The van der Waals surface area contributed by atoms with Crippen LogP contribution in [0.1, 0.15) is 40.9 Å². The normalized spacial score (nSPS) is 11.7. The number of alkyl halides is 3. The summed E-state index contributed by atoms with van der Waals surface area (Å²) in [6, 6.07) is 9.24. The van der Waals surface area contributed by atoms with Crippen LogP contribution in [-0.4, -0.2) is 41.6 Å². The summed E-state index contributed by atoms with van der Waals surface area (Å²) in [4.78, 5) is 3.79. The van der Waals surface area contributed by atoms with Crippen LogP contribution in [0.3, 0.4) is 0 Å². The largest absolute Gasteiger partial charge is 0.487 e. The van der Waals surface area contributed by atoms with Gasteiger partial charge in [0, 0.05) is 37.6 Å². The molecule has 0 bridgehead atoms. The fraction of sp³-hybridized carbons (Fsp3) is 0.500. The van der Waals surface area contributed by atoms with Crippen molar-refractivity contribution in [2.45, 2.75) is 45.8 Å². The Balaban J connectivity index is 2.41. The number of aryl methyl sites for hydroxylation is 1. The molecule has 2 rings (SSSR count). The molecule has 0 fully saturated rings. The predicted octanol–water partition coefficient (Wildman–Crippen LogP) is 3.79. The van der Waals surface area contributed by atoms with Crippen LogP contribution in [0.5, 0.6) is 5.75 Å². The summed E-state index contributed by atoms with van der Waals surface area (Å²) in [5.74, 6) is 0.224. The average Bonchev–Trinajstić information content (AvgIpc) is 2.74. The quantitative estimate of drug-likeness (QED) is 0.459. The van der Waals surface area contributed by atoms with E-state index in [1.807, 2.05) is 30.3 Å². The number of aliphatic hydroxyl groups excluding tert-OH is 2. The fourth-order valence-corrected chi connectivity index (χ4v) is 2.93. The number of aromatic nitrogens is 1. The van der Waals surface area contributed by atoms with Gasteiger partial charge in [-0.05, 0) is 25.3 Å². The number of nitrogens with zero attached hydrogens (tertiary/aromatic N) is 1. The van der Waals surface area contributed by atoms with Gasteiger partial charge in [0.2, 0.25) is 0 Å². The molecule has 0 saturated heterocycles. The topological polar surface area (TPSA) is 81.0 Å². The van der Waals surface area contributed by atoms with Gasteiger partial charge in [0.05, 0.1) is 18.9 Å². The summed E-state index contributed by atoms with van der Waals surface area (Å²) < 4.78 is 58.0. The molecule has 0 saturated carbocycles. The van der Waals surface area contributed by atoms with E-state index in [1.54, 1.807) is 0 Å². The Morgan fingerprint density at radius 2 is 1.45 bits per heavy atom. The average molecular weight is 443 g/mol. The standard InChI is InChI=1S/C22H28F3NO5/c1-16-20(31-13-17-7-3-2-4-8-17)18(14-29-11-5-9-27)19(15-30-12-6-10-28)21(26-16)22(23,24)25/h2-4,7-8,27-28H,5-6,9-15H2,1H3. The van der Waals surface area contributed by atoms with Crippen LogP contribution < -0.4 is 4.74 Å². The Morgan fingerprint density at radius 1 is 0.871 bits per heavy atom. The molecule has 0 atom stereocenters. The van der Waals surface area contributed by atoms with E-state index < -0.39 is 11.9 Å². The van der Waals surface area contributed by atoms with Crippen LogP contribution in [0.15, 0.2) is 30.3 Å². The van der Waals surface area contributed by atoms with Gasteiger partial charge in [-0.15, -0.1) is 0 Å². The Bertz CT molecular complexity index is 800. The Morgan fingerprint density at radius 3 is 2.00 bits per heavy atom. The lowest BCUT2D eigenvalue weighted by molar-refractivity contribution is -0.142. The van der Waals surface area contributed by atoms with Gasteiger partial charge in [0.25, 0.3) is 0 Å². The van der Waals surface area contributed by atoms with Crippen molar-refractivity contribution in [3.05, 3.63) is 58.4 Å². The minimum Gasteiger partial charge on any atom is -0.487 e. The number of hydrogen-bond acceptors (Lipinski definition) is 6. The van der Waals surface area contributed by atoms with E-state index in [1.165, 1.54) is 6.92 Å². The van der Waals surface area contributed by atoms with E-state index in [-0.39, 0.29) is 68.8 Å². The highest BCUT2D eigenvalue weighted by Gasteiger charge is 2.38. The molecule has 2 N–H and O–H groups in total. The molecule has 0 spiro atoms. The fourth-order valence-electron chi connectivity index (χ4n) is 2.93. The number of benzene rings is 1. The van der Waals surface area contributed by atoms with E-state index in [0.717, 1.165) is 5.56 Å². The van der Waals surface area contributed by atoms with Crippen LogP contribution in [0.25, 0.3) is 0 Å². The number of rotatable bonds is 13. The molecule has 1 aromatic heterocycles. The first-order chi connectivity index (χ1) is 14.9. The Labute approximate surface area is 179 Å². The molecule has 9 heteroatoms. The molecule has 0 radical (unpaired) electrons. The van der Waals surface area contributed by atoms with E-state index in [4.69, 9.17) is 24.4 Å². The third-order valence-corrected chi connectivity index (χ3v) is 4.41. The maximum absolute atomic E-state index is 13.7. The van der Waals surface area contributed by atoms with Gasteiger partial charge >= 0.3 is 6.18 Å². The molecule has 0 aliphatic heterocycles. The van der Waals surface area contributed by atoms with Crippen molar-refractivity contribution in [2.75, 3.05) is 26.4 Å². The van der Waals surface area contributed by atoms with Crippen molar-refractivity contribution in [3.63, 3.8) is 0 Å². The molecule has 2 aromatic rings. The Kier molecular flexibility index (Phi) is 10.2. The summed E-state index contributed by atoms with van der Waals surface area (Å²) in [5.41, 5.74) is -0.0135. The predicted molar refractivity (Wildman–Crippen MR) is 107 cm³/mol. The third-order valence-electron chi connectivity index (χ3n) is 4.41. The Hall–Kier alpha value is -2.20. The maximum atomic E-state index is 13.7. The van der Waals surface area contributed by atoms with Gasteiger partial charge in [-0.3, -0.25) is 0 Å². The maximum Gasteiger partial charge on any atom is 0.433 e. The van der Waals surface area contributed by atoms with Crippen LogP contribution in [0, 0.1) is 6.92 Å². The monoisotopic (exact) mass is 443 g/mol. The van der Waals surface area contributed by atoms with Gasteiger partial charge in [-0.1, -0.05) is 30.3 Å². The second-order valence-corrected chi connectivity index (χ2v) is 6.86. The number of pyridine rings is 1. The zero-order chi connectivity index (χ0) is 22.7. The molecule has 31 heavy (non-hydrogen) atoms. The first-order valence-corrected chi connectivity index (χ1v) is 10.0. The number of halogens is 3. The smallest absolute Gasteiger partial charge is 0.433 e. The van der Waals surface area contributed by atoms with Crippen molar-refractivity contribution in [1.29, 1.82) is 0 Å². The van der Waals surface area contributed by atoms with Crippen LogP contribution in [0.2, 0.25) is 0 Å². The molecular weight excluding hydrogens is 415 g/mol. The van der Waals surface area contributed by atoms with Crippen LogP contribution in [0.4, 0.5) is 13.2 Å².